The van der Waals surface area contributed by atoms with E-state index in [1.54, 1.807) is 0 Å². The largest absolute Gasteiger partial charge is 0.337 e. The van der Waals surface area contributed by atoms with Gasteiger partial charge in [-0.15, -0.1) is 0 Å². The summed E-state index contributed by atoms with van der Waals surface area (Å²) < 4.78 is 0. The average Bonchev–Trinajstić information content (AvgIpc) is 2.39. The molecule has 2 unspecified atom stereocenters. The minimum absolute atomic E-state index is 0.0763. The van der Waals surface area contributed by atoms with E-state index >= 15 is 0 Å². The summed E-state index contributed by atoms with van der Waals surface area (Å²) in [5.74, 6) is -0.00411. The van der Waals surface area contributed by atoms with Crippen molar-refractivity contribution >= 4 is 5.91 Å². The molecule has 0 N–H and O–H groups in total. The molecule has 4 nitrogen and oxygen atoms in total. The van der Waals surface area contributed by atoms with E-state index in [0.29, 0.717) is 6.42 Å². The summed E-state index contributed by atoms with van der Waals surface area (Å²) >= 11 is 0. The molecule has 1 aliphatic heterocycles. The summed E-state index contributed by atoms with van der Waals surface area (Å²) in [6.45, 7) is 3.54. The molecule has 0 saturated carbocycles. The normalized spacial score (nSPS) is 27.1. The molecular formula is C10H17N3O. The van der Waals surface area contributed by atoms with E-state index in [2.05, 4.69) is 6.07 Å². The first-order valence-corrected chi connectivity index (χ1v) is 4.90. The highest BCUT2D eigenvalue weighted by molar-refractivity contribution is 5.79. The molecule has 0 bridgehead atoms. The molecule has 1 aliphatic rings. The van der Waals surface area contributed by atoms with E-state index in [9.17, 15) is 4.79 Å². The van der Waals surface area contributed by atoms with Gasteiger partial charge in [-0.1, -0.05) is 0 Å². The smallest absolute Gasteiger partial charge is 0.224 e. The Morgan fingerprint density at radius 2 is 2.29 bits per heavy atom. The van der Waals surface area contributed by atoms with E-state index in [4.69, 9.17) is 5.26 Å². The Morgan fingerprint density at radius 3 is 2.71 bits per heavy atom. The Bertz CT molecular complexity index is 257. The van der Waals surface area contributed by atoms with Crippen LogP contribution in [0.4, 0.5) is 0 Å². The third-order valence-electron chi connectivity index (χ3n) is 2.74. The zero-order valence-corrected chi connectivity index (χ0v) is 9.03. The fourth-order valence-corrected chi connectivity index (χ4v) is 1.71. The molecule has 4 heteroatoms. The number of likely N-dealkylation sites (tertiary alicyclic amines) is 1. The maximum atomic E-state index is 11.5. The highest BCUT2D eigenvalue weighted by Crippen LogP contribution is 2.23. The van der Waals surface area contributed by atoms with Crippen LogP contribution in [0.5, 0.6) is 0 Å². The van der Waals surface area contributed by atoms with Gasteiger partial charge in [-0.3, -0.25) is 4.79 Å². The van der Waals surface area contributed by atoms with E-state index in [-0.39, 0.29) is 17.9 Å². The first-order valence-electron chi connectivity index (χ1n) is 4.90. The number of amides is 1. The minimum atomic E-state index is -0.121. The van der Waals surface area contributed by atoms with Crippen LogP contribution in [0.2, 0.25) is 0 Å². The van der Waals surface area contributed by atoms with Gasteiger partial charge in [0, 0.05) is 25.6 Å². The lowest BCUT2D eigenvalue weighted by atomic mass is 10.0. The van der Waals surface area contributed by atoms with Crippen LogP contribution in [0.3, 0.4) is 0 Å². The fraction of sp³-hybridized carbons (Fsp3) is 0.800. The van der Waals surface area contributed by atoms with Crippen molar-refractivity contribution in [2.45, 2.75) is 19.4 Å². The molecule has 0 aromatic rings. The number of rotatable bonds is 3. The van der Waals surface area contributed by atoms with E-state index < -0.39 is 0 Å². The molecule has 1 rings (SSSR count). The first-order chi connectivity index (χ1) is 6.56. The highest BCUT2D eigenvalue weighted by Gasteiger charge is 2.36. The van der Waals surface area contributed by atoms with Crippen molar-refractivity contribution in [3.8, 4) is 6.07 Å². The van der Waals surface area contributed by atoms with Gasteiger partial charge in [0.1, 0.15) is 0 Å². The number of nitrogens with zero attached hydrogens (tertiary/aromatic N) is 3. The van der Waals surface area contributed by atoms with E-state index in [1.165, 1.54) is 0 Å². The van der Waals surface area contributed by atoms with Crippen LogP contribution in [-0.2, 0) is 4.79 Å². The minimum Gasteiger partial charge on any atom is -0.337 e. The van der Waals surface area contributed by atoms with Crippen LogP contribution in [0.25, 0.3) is 0 Å². The molecule has 1 fully saturated rings. The molecule has 14 heavy (non-hydrogen) atoms. The molecule has 1 amide bonds. The second kappa shape index (κ2) is 4.43. The van der Waals surface area contributed by atoms with Crippen LogP contribution in [0, 0.1) is 17.2 Å². The van der Waals surface area contributed by atoms with Crippen molar-refractivity contribution < 1.29 is 4.79 Å². The van der Waals surface area contributed by atoms with Crippen LogP contribution in [0.1, 0.15) is 13.3 Å². The molecule has 78 valence electrons. The average molecular weight is 195 g/mol. The number of carbonyl (C=O) groups excluding carboxylic acids is 1. The van der Waals surface area contributed by atoms with E-state index in [0.717, 1.165) is 13.1 Å². The lowest BCUT2D eigenvalue weighted by Crippen LogP contribution is -2.37. The van der Waals surface area contributed by atoms with E-state index in [1.807, 2.05) is 30.8 Å². The molecule has 0 aromatic heterocycles. The van der Waals surface area contributed by atoms with Crippen LogP contribution in [0.15, 0.2) is 0 Å². The second-order valence-corrected chi connectivity index (χ2v) is 4.07. The van der Waals surface area contributed by atoms with Crippen molar-refractivity contribution in [1.29, 1.82) is 5.26 Å². The summed E-state index contributed by atoms with van der Waals surface area (Å²) in [6.07, 6.45) is 0.394. The van der Waals surface area contributed by atoms with Crippen molar-refractivity contribution in [2.75, 3.05) is 27.2 Å². The van der Waals surface area contributed by atoms with Gasteiger partial charge in [0.25, 0.3) is 0 Å². The zero-order chi connectivity index (χ0) is 10.7. The molecule has 0 radical (unpaired) electrons. The van der Waals surface area contributed by atoms with Gasteiger partial charge < -0.3 is 9.80 Å². The van der Waals surface area contributed by atoms with Gasteiger partial charge in [-0.2, -0.15) is 5.26 Å². The third kappa shape index (κ3) is 2.24. The third-order valence-corrected chi connectivity index (χ3v) is 2.74. The van der Waals surface area contributed by atoms with Crippen LogP contribution < -0.4 is 0 Å². The number of hydrogen-bond donors (Lipinski definition) is 0. The molecule has 1 heterocycles. The molecule has 0 aromatic carbocycles. The monoisotopic (exact) mass is 195 g/mol. The number of likely N-dealkylation sites (N-methyl/N-ethyl adjacent to an activating group) is 1. The lowest BCUT2D eigenvalue weighted by molar-refractivity contribution is -0.128. The summed E-state index contributed by atoms with van der Waals surface area (Å²) in [7, 11) is 3.96. The number of carbonyl (C=O) groups is 1. The van der Waals surface area contributed by atoms with Gasteiger partial charge in [0.2, 0.25) is 5.91 Å². The Morgan fingerprint density at radius 1 is 1.64 bits per heavy atom. The predicted molar refractivity (Wildman–Crippen MR) is 53.4 cm³/mol. The lowest BCUT2D eigenvalue weighted by Gasteiger charge is -2.24. The Labute approximate surface area is 85.1 Å². The zero-order valence-electron chi connectivity index (χ0n) is 9.03. The van der Waals surface area contributed by atoms with Gasteiger partial charge in [-0.25, -0.2) is 0 Å². The van der Waals surface area contributed by atoms with Crippen LogP contribution in [-0.4, -0.2) is 48.9 Å². The summed E-state index contributed by atoms with van der Waals surface area (Å²) in [5, 5.41) is 8.81. The van der Waals surface area contributed by atoms with Crippen LogP contribution >= 0.6 is 0 Å². The Hall–Kier alpha value is -1.08. The van der Waals surface area contributed by atoms with Gasteiger partial charge >= 0.3 is 0 Å². The first kappa shape index (κ1) is 11.0. The molecule has 0 aliphatic carbocycles. The van der Waals surface area contributed by atoms with Crippen molar-refractivity contribution in [1.82, 2.24) is 9.80 Å². The SMILES string of the molecule is CC1C(C#N)CC(=O)N1CCN(C)C. The number of hydrogen-bond acceptors (Lipinski definition) is 3. The Kier molecular flexibility index (Phi) is 3.48. The molecule has 0 spiro atoms. The van der Waals surface area contributed by atoms with Gasteiger partial charge in [0.15, 0.2) is 0 Å². The standard InChI is InChI=1S/C10H17N3O/c1-8-9(7-11)6-10(14)13(8)5-4-12(2)3/h8-9H,4-6H2,1-3H3. The van der Waals surface area contributed by atoms with Crippen molar-refractivity contribution in [3.05, 3.63) is 0 Å². The summed E-state index contributed by atoms with van der Waals surface area (Å²) in [4.78, 5) is 15.4. The summed E-state index contributed by atoms with van der Waals surface area (Å²) in [5.41, 5.74) is 0. The van der Waals surface area contributed by atoms with Gasteiger partial charge in [-0.05, 0) is 21.0 Å². The summed E-state index contributed by atoms with van der Waals surface area (Å²) in [6, 6.07) is 2.26. The quantitative estimate of drug-likeness (QED) is 0.651. The molecule has 1 saturated heterocycles. The Balaban J connectivity index is 2.53. The molecule has 2 atom stereocenters. The van der Waals surface area contributed by atoms with Crippen molar-refractivity contribution in [3.63, 3.8) is 0 Å². The van der Waals surface area contributed by atoms with Crippen molar-refractivity contribution in [2.24, 2.45) is 5.92 Å². The maximum Gasteiger partial charge on any atom is 0.224 e. The van der Waals surface area contributed by atoms with Gasteiger partial charge in [0.05, 0.1) is 12.0 Å². The number of nitriles is 1. The topological polar surface area (TPSA) is 47.3 Å². The highest BCUT2D eigenvalue weighted by atomic mass is 16.2. The predicted octanol–water partition coefficient (Wildman–Crippen LogP) is 0.309. The molecular weight excluding hydrogens is 178 g/mol. The fourth-order valence-electron chi connectivity index (χ4n) is 1.71. The second-order valence-electron chi connectivity index (χ2n) is 4.07. The maximum absolute atomic E-state index is 11.5.